The molecular formula is C92H101BClF3N4O16S2. The Hall–Kier alpha value is -10.5. The number of ether oxygens (including phenoxy) is 5. The van der Waals surface area contributed by atoms with Crippen molar-refractivity contribution in [3.63, 3.8) is 0 Å². The Morgan fingerprint density at radius 3 is 1.28 bits per heavy atom. The van der Waals surface area contributed by atoms with Gasteiger partial charge in [0.05, 0.1) is 84.6 Å². The largest absolute Gasteiger partial charge is 0.498 e. The number of furan rings is 3. The maximum atomic E-state index is 15.7. The molecular weight excluding hydrogens is 1580 g/mol. The molecule has 0 amide bonds. The number of carbonyl (C=O) groups excluding carboxylic acids is 2. The number of aromatic nitrogens is 3. The summed E-state index contributed by atoms with van der Waals surface area (Å²) >= 11 is 5.63. The molecule has 3 N–H and O–H groups in total. The van der Waals surface area contributed by atoms with E-state index in [1.54, 1.807) is 75.2 Å². The Morgan fingerprint density at radius 2 is 0.874 bits per heavy atom. The van der Waals surface area contributed by atoms with Crippen LogP contribution in [0.3, 0.4) is 0 Å². The fraction of sp³-hybridized carbons (Fsp3) is 0.348. The minimum absolute atomic E-state index is 0.0105. The van der Waals surface area contributed by atoms with Crippen molar-refractivity contribution in [3.05, 3.63) is 254 Å². The first-order valence-electron chi connectivity index (χ1n) is 39.1. The van der Waals surface area contributed by atoms with Crippen LogP contribution in [-0.2, 0) is 113 Å². The monoisotopic (exact) mass is 1680 g/mol. The van der Waals surface area contributed by atoms with Gasteiger partial charge in [-0.2, -0.15) is 0 Å². The molecule has 27 heteroatoms. The van der Waals surface area contributed by atoms with Gasteiger partial charge in [0.1, 0.15) is 53.8 Å². The topological polar surface area (TPSA) is 274 Å². The molecule has 0 aliphatic carbocycles. The summed E-state index contributed by atoms with van der Waals surface area (Å²) < 4.78 is 126. The number of carboxylic acids is 1. The molecule has 12 aromatic rings. The van der Waals surface area contributed by atoms with E-state index in [-0.39, 0.29) is 89.0 Å². The Kier molecular flexibility index (Phi) is 30.6. The number of hydrogen-bond acceptors (Lipinski definition) is 19. The van der Waals surface area contributed by atoms with Gasteiger partial charge in [0.2, 0.25) is 0 Å². The third-order valence-corrected chi connectivity index (χ3v) is 24.2. The van der Waals surface area contributed by atoms with Crippen LogP contribution in [0.5, 0.6) is 17.2 Å². The predicted octanol–water partition coefficient (Wildman–Crippen LogP) is 19.0. The molecule has 119 heavy (non-hydrogen) atoms. The molecule has 1 fully saturated rings. The van der Waals surface area contributed by atoms with E-state index in [4.69, 9.17) is 63.6 Å². The minimum Gasteiger partial charge on any atom is -0.488 e. The number of para-hydroxylation sites is 3. The van der Waals surface area contributed by atoms with Crippen molar-refractivity contribution < 1.29 is 87.3 Å². The van der Waals surface area contributed by atoms with Gasteiger partial charge in [-0.1, -0.05) is 72.3 Å². The van der Waals surface area contributed by atoms with E-state index in [2.05, 4.69) is 15.0 Å². The van der Waals surface area contributed by atoms with Crippen molar-refractivity contribution in [2.45, 2.75) is 183 Å². The number of fused-ring (bicyclic) bond motifs is 3. The third kappa shape index (κ3) is 23.1. The van der Waals surface area contributed by atoms with Crippen molar-refractivity contribution in [2.24, 2.45) is 5.73 Å². The average molecular weight is 1690 g/mol. The van der Waals surface area contributed by atoms with Gasteiger partial charge in [0, 0.05) is 141 Å². The quantitative estimate of drug-likeness (QED) is 0.0357. The summed E-state index contributed by atoms with van der Waals surface area (Å²) in [5.41, 5.74) is 17.4. The fourth-order valence-electron chi connectivity index (χ4n) is 13.1. The van der Waals surface area contributed by atoms with Crippen LogP contribution in [0.1, 0.15) is 150 Å². The van der Waals surface area contributed by atoms with E-state index < -0.39 is 63.3 Å². The number of nitrogens with zero attached hydrogens (tertiary/aromatic N) is 3. The minimum atomic E-state index is -1.12. The van der Waals surface area contributed by atoms with E-state index >= 15 is 4.39 Å². The second kappa shape index (κ2) is 40.1. The molecule has 6 aromatic heterocycles. The van der Waals surface area contributed by atoms with Crippen molar-refractivity contribution >= 4 is 96.6 Å². The number of carboxylic acid groups (broad SMARTS) is 1. The molecule has 7 heterocycles. The van der Waals surface area contributed by atoms with Crippen LogP contribution in [0.2, 0.25) is 5.02 Å². The molecule has 628 valence electrons. The van der Waals surface area contributed by atoms with Crippen molar-refractivity contribution in [2.75, 3.05) is 24.7 Å². The van der Waals surface area contributed by atoms with E-state index in [0.717, 1.165) is 71.7 Å². The van der Waals surface area contributed by atoms with Gasteiger partial charge >= 0.3 is 25.0 Å². The predicted molar refractivity (Wildman–Crippen MR) is 459 cm³/mol. The van der Waals surface area contributed by atoms with Crippen molar-refractivity contribution in [3.8, 4) is 39.5 Å². The lowest BCUT2D eigenvalue weighted by Crippen LogP contribution is -2.41. The Bertz CT molecular complexity index is 5640. The molecule has 13 rings (SSSR count). The van der Waals surface area contributed by atoms with Crippen LogP contribution < -0.4 is 25.4 Å². The lowest BCUT2D eigenvalue weighted by atomic mass is 9.77. The molecule has 0 unspecified atom stereocenters. The van der Waals surface area contributed by atoms with Gasteiger partial charge in [0.15, 0.2) is 17.5 Å². The number of pyridine rings is 3. The highest BCUT2D eigenvalue weighted by atomic mass is 35.5. The fourth-order valence-corrected chi connectivity index (χ4v) is 15.3. The Morgan fingerprint density at radius 1 is 0.504 bits per heavy atom. The van der Waals surface area contributed by atoms with E-state index in [0.29, 0.717) is 94.0 Å². The molecule has 1 saturated heterocycles. The van der Waals surface area contributed by atoms with Crippen LogP contribution in [0.4, 0.5) is 13.2 Å². The van der Waals surface area contributed by atoms with Gasteiger partial charge in [-0.25, -0.2) is 13.2 Å². The second-order valence-electron chi connectivity index (χ2n) is 31.5. The Labute approximate surface area is 702 Å². The molecule has 1 aliphatic heterocycles. The maximum Gasteiger partial charge on any atom is 0.498 e. The van der Waals surface area contributed by atoms with Crippen LogP contribution >= 0.6 is 11.6 Å². The van der Waals surface area contributed by atoms with Crippen molar-refractivity contribution in [1.29, 1.82) is 0 Å². The smallest absolute Gasteiger partial charge is 0.488 e. The number of esters is 2. The first-order valence-corrected chi connectivity index (χ1v) is 42.1. The molecule has 0 spiro atoms. The molecule has 0 saturated carbocycles. The van der Waals surface area contributed by atoms with Crippen molar-refractivity contribution in [1.82, 2.24) is 15.0 Å². The standard InChI is InChI=1S/C31H34FNO5S.C26H31BO6.C24H21FN2O4.C11H15ClFNOS/c1-6-36-27(34)18-22-9-7-8-20(2)29(22)38-19-21-16-23-11-14-37-30(23)25(17-21)24-10-13-33-26(28(24)32)12-15-39(35)31(3,4)5;1-7-29-22(28)15-19-10-8-9-17(2)23(19)31-16-18-13-20-11-12-30-24(20)21(14-18)27-32-25(3,4)26(5,6)33-27;1-14-3-2-4-16(11-21(28)29)23(14)31-13-15-9-17-6-8-30-24(17)19(10-15)18-5-7-27-20(12-26)22(18)25;1-11(2,3)16(15)7-5-9-10(13)8(12)4-6-14-9/h7-11,13-14,16-17H,6,12,15,18-19H2,1-5H3;8-14H,7,15-16H2,1-6H3;2-10H,11-13,26H2,1H3,(H,28,29);4,6H,5,7H2,1-3H3/t39-;;;16-/m1..1/s1. The number of aliphatic carboxylic acids is 1. The Balaban J connectivity index is 0.000000173. The van der Waals surface area contributed by atoms with E-state index in [1.165, 1.54) is 18.5 Å². The lowest BCUT2D eigenvalue weighted by molar-refractivity contribution is -0.143. The lowest BCUT2D eigenvalue weighted by Gasteiger charge is -2.32. The van der Waals surface area contributed by atoms with Gasteiger partial charge in [0.25, 0.3) is 0 Å². The summed E-state index contributed by atoms with van der Waals surface area (Å²) in [5, 5.41) is 11.8. The van der Waals surface area contributed by atoms with E-state index in [1.807, 2.05) is 175 Å². The van der Waals surface area contributed by atoms with Crippen LogP contribution in [0.25, 0.3) is 55.2 Å². The van der Waals surface area contributed by atoms with Gasteiger partial charge in [-0.15, -0.1) is 0 Å². The number of rotatable bonds is 27. The van der Waals surface area contributed by atoms with Gasteiger partial charge in [-0.3, -0.25) is 37.8 Å². The summed E-state index contributed by atoms with van der Waals surface area (Å²) in [6.07, 6.45) is 10.1. The summed E-state index contributed by atoms with van der Waals surface area (Å²) in [6.45, 7) is 30.2. The molecule has 20 nitrogen and oxygen atoms in total. The number of halogens is 4. The summed E-state index contributed by atoms with van der Waals surface area (Å²) in [4.78, 5) is 47.5. The van der Waals surface area contributed by atoms with Gasteiger partial charge in [-0.05, 0) is 204 Å². The molecule has 0 bridgehead atoms. The molecule has 2 atom stereocenters. The molecule has 6 aromatic carbocycles. The summed E-state index contributed by atoms with van der Waals surface area (Å²) in [7, 11) is -2.66. The van der Waals surface area contributed by atoms with E-state index in [9.17, 15) is 36.7 Å². The van der Waals surface area contributed by atoms with Gasteiger partial charge < -0.3 is 57.1 Å². The highest BCUT2D eigenvalue weighted by Gasteiger charge is 2.52. The highest BCUT2D eigenvalue weighted by molar-refractivity contribution is 7.86. The summed E-state index contributed by atoms with van der Waals surface area (Å²) in [5.74, 6) is -0.354. The molecule has 1 aliphatic rings. The SMILES string of the molecule is CC(C)(C)[S@](=O)CCc1nccc(Cl)c1F.CCOC(=O)Cc1cccc(C)c1OCc1cc(-c2ccnc(CC[S@@](=O)C(C)(C)C)c2F)c2occc2c1.CCOC(=O)Cc1cccc(C)c1OCc1cc(B2OC(C)(C)C(C)(C)O2)c2occc2c1.Cc1cccc(CC(=O)O)c1OCc1cc(-c2ccnc(CN)c2F)c2occc2c1. The van der Waals surface area contributed by atoms with Crippen LogP contribution in [0.15, 0.2) is 178 Å². The second-order valence-corrected chi connectivity index (χ2v) is 36.5. The maximum absolute atomic E-state index is 15.7. The zero-order valence-corrected chi connectivity index (χ0v) is 72.1. The summed E-state index contributed by atoms with van der Waals surface area (Å²) in [6, 6.07) is 38.6. The normalized spacial score (nSPS) is 13.5. The highest BCUT2D eigenvalue weighted by Crippen LogP contribution is 2.40. The zero-order chi connectivity index (χ0) is 86.3. The average Bonchev–Trinajstić information content (AvgIpc) is 1.62. The number of aryl methyl sites for hydroxylation is 5. The zero-order valence-electron chi connectivity index (χ0n) is 69.7. The molecule has 0 radical (unpaired) electrons. The third-order valence-electron chi connectivity index (χ3n) is 20.0. The first-order chi connectivity index (χ1) is 56.5. The number of nitrogens with two attached hydrogens (primary N) is 1. The van der Waals surface area contributed by atoms with Crippen LogP contribution in [0, 0.1) is 38.2 Å². The number of benzene rings is 6. The number of carbonyl (C=O) groups is 3. The first kappa shape index (κ1) is 90.8. The number of hydrogen-bond donors (Lipinski definition) is 2. The van der Waals surface area contributed by atoms with Crippen LogP contribution in [-0.4, -0.2) is 98.9 Å².